The Morgan fingerprint density at radius 3 is 2.53 bits per heavy atom. The summed E-state index contributed by atoms with van der Waals surface area (Å²) < 4.78 is 12.1. The van der Waals surface area contributed by atoms with Crippen LogP contribution in [0.5, 0.6) is 17.4 Å². The lowest BCUT2D eigenvalue weighted by molar-refractivity contribution is 0.0772. The fourth-order valence-electron chi connectivity index (χ4n) is 3.76. The number of fused-ring (bicyclic) bond motifs is 2. The lowest BCUT2D eigenvalue weighted by Gasteiger charge is -2.25. The van der Waals surface area contributed by atoms with Gasteiger partial charge >= 0.3 is 0 Å². The van der Waals surface area contributed by atoms with Crippen molar-refractivity contribution in [2.75, 3.05) is 39.8 Å². The van der Waals surface area contributed by atoms with E-state index in [2.05, 4.69) is 34.1 Å². The first-order valence-electron chi connectivity index (χ1n) is 11.1. The molecular formula is C26H29N3O3. The van der Waals surface area contributed by atoms with Gasteiger partial charge < -0.3 is 14.4 Å². The molecule has 2 aromatic carbocycles. The number of amides is 1. The molecule has 1 amide bonds. The van der Waals surface area contributed by atoms with Gasteiger partial charge in [0.15, 0.2) is 11.5 Å². The Morgan fingerprint density at radius 1 is 0.906 bits per heavy atom. The third-order valence-corrected chi connectivity index (χ3v) is 5.60. The number of carbonyl (C=O) groups is 1. The van der Waals surface area contributed by atoms with Gasteiger partial charge in [0.25, 0.3) is 5.91 Å². The molecule has 0 N–H and O–H groups in total. The first-order chi connectivity index (χ1) is 15.7. The standard InChI is InChI=1S/C26H29N3O3/c1-28-17-18-29(16-8-11-21-9-3-2-4-10-21)19-20-31-23-13-5-6-14-24(23)32-25-22(26(28)30)12-7-15-27-25/h2-7,9-10,12-15H,8,11,16-20H2,1H3. The van der Waals surface area contributed by atoms with E-state index in [1.807, 2.05) is 37.4 Å². The molecule has 0 saturated heterocycles. The van der Waals surface area contributed by atoms with Crippen LogP contribution in [-0.2, 0) is 6.42 Å². The van der Waals surface area contributed by atoms with Crippen LogP contribution in [0, 0.1) is 0 Å². The Bertz CT molecular complexity index is 1030. The van der Waals surface area contributed by atoms with E-state index >= 15 is 0 Å². The van der Waals surface area contributed by atoms with Gasteiger partial charge in [-0.2, -0.15) is 0 Å². The summed E-state index contributed by atoms with van der Waals surface area (Å²) in [5.74, 6) is 1.39. The van der Waals surface area contributed by atoms with Gasteiger partial charge in [0, 0.05) is 32.9 Å². The largest absolute Gasteiger partial charge is 0.488 e. The van der Waals surface area contributed by atoms with Gasteiger partial charge in [0.2, 0.25) is 5.88 Å². The highest BCUT2D eigenvalue weighted by Crippen LogP contribution is 2.32. The van der Waals surface area contributed by atoms with Gasteiger partial charge in [-0.1, -0.05) is 42.5 Å². The molecule has 0 aliphatic carbocycles. The Labute approximate surface area is 189 Å². The monoisotopic (exact) mass is 431 g/mol. The Balaban J connectivity index is 1.51. The van der Waals surface area contributed by atoms with Gasteiger partial charge in [-0.3, -0.25) is 9.69 Å². The number of aryl methyl sites for hydroxylation is 1. The van der Waals surface area contributed by atoms with Crippen molar-refractivity contribution in [2.24, 2.45) is 0 Å². The minimum absolute atomic E-state index is 0.102. The van der Waals surface area contributed by atoms with Crippen molar-refractivity contribution in [2.45, 2.75) is 12.8 Å². The van der Waals surface area contributed by atoms with Crippen molar-refractivity contribution in [1.82, 2.24) is 14.8 Å². The topological polar surface area (TPSA) is 54.9 Å². The molecule has 166 valence electrons. The number of carbonyl (C=O) groups excluding carboxylic acids is 1. The smallest absolute Gasteiger partial charge is 0.259 e. The zero-order valence-electron chi connectivity index (χ0n) is 18.4. The first kappa shape index (κ1) is 21.8. The Kier molecular flexibility index (Phi) is 7.35. The molecule has 1 aliphatic heterocycles. The normalized spacial score (nSPS) is 15.3. The summed E-state index contributed by atoms with van der Waals surface area (Å²) in [7, 11) is 1.82. The molecule has 0 radical (unpaired) electrons. The lowest BCUT2D eigenvalue weighted by atomic mass is 10.1. The highest BCUT2D eigenvalue weighted by Gasteiger charge is 2.20. The molecule has 2 heterocycles. The number of hydrogen-bond donors (Lipinski definition) is 0. The summed E-state index contributed by atoms with van der Waals surface area (Å²) >= 11 is 0. The summed E-state index contributed by atoms with van der Waals surface area (Å²) in [6, 6.07) is 21.5. The number of aromatic nitrogens is 1. The maximum atomic E-state index is 13.1. The molecule has 0 unspecified atom stereocenters. The molecule has 0 bridgehead atoms. The summed E-state index contributed by atoms with van der Waals surface area (Å²) in [5.41, 5.74) is 1.79. The van der Waals surface area contributed by atoms with Crippen LogP contribution in [0.25, 0.3) is 0 Å². The average molecular weight is 432 g/mol. The maximum Gasteiger partial charge on any atom is 0.259 e. The molecule has 0 atom stereocenters. The van der Waals surface area contributed by atoms with Crippen molar-refractivity contribution in [1.29, 1.82) is 0 Å². The summed E-state index contributed by atoms with van der Waals surface area (Å²) in [6.45, 7) is 3.65. The number of likely N-dealkylation sites (N-methyl/N-ethyl adjacent to an activating group) is 1. The predicted molar refractivity (Wildman–Crippen MR) is 124 cm³/mol. The van der Waals surface area contributed by atoms with E-state index in [0.29, 0.717) is 36.1 Å². The first-order valence-corrected chi connectivity index (χ1v) is 11.1. The van der Waals surface area contributed by atoms with Crippen LogP contribution in [0.1, 0.15) is 22.3 Å². The second-order valence-corrected chi connectivity index (χ2v) is 7.91. The lowest BCUT2D eigenvalue weighted by Crippen LogP contribution is -2.38. The van der Waals surface area contributed by atoms with Gasteiger partial charge in [0.05, 0.1) is 0 Å². The van der Waals surface area contributed by atoms with Crippen LogP contribution in [-0.4, -0.2) is 60.5 Å². The minimum atomic E-state index is -0.102. The Hall–Kier alpha value is -3.38. The molecular weight excluding hydrogens is 402 g/mol. The van der Waals surface area contributed by atoms with Crippen LogP contribution >= 0.6 is 0 Å². The number of ether oxygens (including phenoxy) is 2. The van der Waals surface area contributed by atoms with Crippen molar-refractivity contribution in [3.63, 3.8) is 0 Å². The molecule has 6 heteroatoms. The predicted octanol–water partition coefficient (Wildman–Crippen LogP) is 4.27. The summed E-state index contributed by atoms with van der Waals surface area (Å²) in [5, 5.41) is 0. The molecule has 0 spiro atoms. The number of pyridine rings is 1. The van der Waals surface area contributed by atoms with Crippen molar-refractivity contribution in [3.8, 4) is 17.4 Å². The number of hydrogen-bond acceptors (Lipinski definition) is 5. The van der Waals surface area contributed by atoms with E-state index in [9.17, 15) is 4.79 Å². The quantitative estimate of drug-likeness (QED) is 0.617. The number of nitrogens with zero attached hydrogens (tertiary/aromatic N) is 3. The summed E-state index contributed by atoms with van der Waals surface area (Å²) in [4.78, 5) is 21.5. The molecule has 1 aromatic heterocycles. The molecule has 1 aliphatic rings. The SMILES string of the molecule is CN1CCN(CCCc2ccccc2)CCOc2ccccc2Oc2ncccc2C1=O. The van der Waals surface area contributed by atoms with E-state index in [0.717, 1.165) is 32.5 Å². The number of para-hydroxylation sites is 2. The number of benzene rings is 2. The second kappa shape index (κ2) is 10.8. The zero-order valence-corrected chi connectivity index (χ0v) is 18.4. The molecule has 4 rings (SSSR count). The Morgan fingerprint density at radius 2 is 1.69 bits per heavy atom. The highest BCUT2D eigenvalue weighted by molar-refractivity contribution is 5.96. The van der Waals surface area contributed by atoms with Crippen molar-refractivity contribution < 1.29 is 14.3 Å². The van der Waals surface area contributed by atoms with Crippen LogP contribution < -0.4 is 9.47 Å². The average Bonchev–Trinajstić information content (AvgIpc) is 2.84. The highest BCUT2D eigenvalue weighted by atomic mass is 16.5. The van der Waals surface area contributed by atoms with E-state index < -0.39 is 0 Å². The van der Waals surface area contributed by atoms with Gasteiger partial charge in [-0.25, -0.2) is 4.98 Å². The summed E-state index contributed by atoms with van der Waals surface area (Å²) in [6.07, 6.45) is 3.71. The minimum Gasteiger partial charge on any atom is -0.488 e. The molecule has 0 fully saturated rings. The molecule has 3 aromatic rings. The van der Waals surface area contributed by atoms with Gasteiger partial charge in [0.1, 0.15) is 12.2 Å². The van der Waals surface area contributed by atoms with E-state index in [1.165, 1.54) is 5.56 Å². The van der Waals surface area contributed by atoms with Crippen LogP contribution in [0.2, 0.25) is 0 Å². The van der Waals surface area contributed by atoms with Gasteiger partial charge in [-0.15, -0.1) is 0 Å². The van der Waals surface area contributed by atoms with Crippen molar-refractivity contribution in [3.05, 3.63) is 84.1 Å². The molecule has 32 heavy (non-hydrogen) atoms. The molecule has 0 saturated carbocycles. The number of rotatable bonds is 4. The van der Waals surface area contributed by atoms with E-state index in [4.69, 9.17) is 9.47 Å². The fourth-order valence-corrected chi connectivity index (χ4v) is 3.76. The zero-order chi connectivity index (χ0) is 22.2. The second-order valence-electron chi connectivity index (χ2n) is 7.91. The van der Waals surface area contributed by atoms with Crippen LogP contribution in [0.15, 0.2) is 72.9 Å². The third kappa shape index (κ3) is 5.65. The van der Waals surface area contributed by atoms with Gasteiger partial charge in [-0.05, 0) is 49.2 Å². The fraction of sp³-hybridized carbons (Fsp3) is 0.308. The van der Waals surface area contributed by atoms with E-state index in [1.54, 1.807) is 23.2 Å². The molecule has 6 nitrogen and oxygen atoms in total. The van der Waals surface area contributed by atoms with Crippen LogP contribution in [0.4, 0.5) is 0 Å². The van der Waals surface area contributed by atoms with Crippen LogP contribution in [0.3, 0.4) is 0 Å². The van der Waals surface area contributed by atoms with Crippen molar-refractivity contribution >= 4 is 5.91 Å². The third-order valence-electron chi connectivity index (χ3n) is 5.60. The van der Waals surface area contributed by atoms with E-state index in [-0.39, 0.29) is 5.91 Å². The maximum absolute atomic E-state index is 13.1.